The molecular weight excluding hydrogens is 350 g/mol. The quantitative estimate of drug-likeness (QED) is 0.807. The van der Waals surface area contributed by atoms with E-state index < -0.39 is 9.84 Å². The summed E-state index contributed by atoms with van der Waals surface area (Å²) in [6.07, 6.45) is 1.82. The van der Waals surface area contributed by atoms with Gasteiger partial charge in [-0.05, 0) is 26.0 Å². The van der Waals surface area contributed by atoms with Crippen molar-refractivity contribution in [1.82, 2.24) is 14.7 Å². The van der Waals surface area contributed by atoms with Gasteiger partial charge in [-0.25, -0.2) is 13.1 Å². The Balaban J connectivity index is 1.72. The zero-order valence-electron chi connectivity index (χ0n) is 15.2. The lowest BCUT2D eigenvalue weighted by molar-refractivity contribution is -0.130. The molecule has 0 N–H and O–H groups in total. The monoisotopic (exact) mass is 373 g/mol. The summed E-state index contributed by atoms with van der Waals surface area (Å²) >= 11 is 0. The van der Waals surface area contributed by atoms with Crippen LogP contribution < -0.4 is 0 Å². The van der Waals surface area contributed by atoms with Crippen LogP contribution in [0.2, 0.25) is 0 Å². The first kappa shape index (κ1) is 18.4. The number of benzene rings is 1. The summed E-state index contributed by atoms with van der Waals surface area (Å²) < 4.78 is 24.9. The number of hydrogen-bond donors (Lipinski definition) is 0. The Kier molecular flexibility index (Phi) is 5.00. The number of aryl methyl sites for hydroxylation is 1. The molecule has 1 atom stereocenters. The first-order chi connectivity index (χ1) is 12.3. The molecule has 1 aliphatic rings. The van der Waals surface area contributed by atoms with Gasteiger partial charge in [-0.15, -0.1) is 0 Å². The summed E-state index contributed by atoms with van der Waals surface area (Å²) in [4.78, 5) is 14.1. The summed E-state index contributed by atoms with van der Waals surface area (Å²) in [5.41, 5.74) is 3.87. The molecule has 0 unspecified atom stereocenters. The second kappa shape index (κ2) is 7.07. The van der Waals surface area contributed by atoms with E-state index in [1.807, 2.05) is 48.9 Å². The van der Waals surface area contributed by atoms with E-state index in [1.54, 1.807) is 18.0 Å². The molecule has 3 rings (SSSR count). The molecule has 26 heavy (non-hydrogen) atoms. The molecule has 0 radical (unpaired) electrons. The largest absolute Gasteiger partial charge is 0.341 e. The molecule has 0 saturated carbocycles. The molecule has 0 fully saturated rings. The number of carbonyl (C=O) groups is 1. The lowest BCUT2D eigenvalue weighted by atomic mass is 10.1. The second-order valence-corrected chi connectivity index (χ2v) is 8.70. The minimum Gasteiger partial charge on any atom is -0.341 e. The van der Waals surface area contributed by atoms with Crippen molar-refractivity contribution in [2.75, 3.05) is 12.8 Å². The Morgan fingerprint density at radius 2 is 1.96 bits per heavy atom. The Bertz CT molecular complexity index is 946. The molecule has 1 aromatic heterocycles. The number of nitrogens with zero attached hydrogens (tertiary/aromatic N) is 3. The molecule has 2 heterocycles. The molecular formula is C19H23N3O3S. The predicted octanol–water partition coefficient (Wildman–Crippen LogP) is 2.40. The molecule has 0 aliphatic carbocycles. The first-order valence-corrected chi connectivity index (χ1v) is 10.2. The summed E-state index contributed by atoms with van der Waals surface area (Å²) in [6.45, 7) is 4.38. The molecule has 138 valence electrons. The first-order valence-electron chi connectivity index (χ1n) is 8.52. The highest BCUT2D eigenvalue weighted by Crippen LogP contribution is 2.22. The predicted molar refractivity (Wildman–Crippen MR) is 101 cm³/mol. The van der Waals surface area contributed by atoms with Crippen molar-refractivity contribution < 1.29 is 13.2 Å². The SMILES string of the molecule is Cc1nn(-c2ccccc2)c(C)c1CN(C)C(=O)C[C@@H]1C=CS(=O)(=O)C1. The number of rotatable bonds is 5. The molecule has 1 aliphatic heterocycles. The highest BCUT2D eigenvalue weighted by molar-refractivity contribution is 7.94. The van der Waals surface area contributed by atoms with E-state index in [2.05, 4.69) is 5.10 Å². The van der Waals surface area contributed by atoms with Gasteiger partial charge in [0.25, 0.3) is 0 Å². The third-order valence-electron chi connectivity index (χ3n) is 4.70. The summed E-state index contributed by atoms with van der Waals surface area (Å²) in [6, 6.07) is 9.87. The number of sulfone groups is 1. The van der Waals surface area contributed by atoms with E-state index >= 15 is 0 Å². The maximum absolute atomic E-state index is 12.5. The molecule has 6 nitrogen and oxygen atoms in total. The zero-order valence-corrected chi connectivity index (χ0v) is 16.0. The lowest BCUT2D eigenvalue weighted by Gasteiger charge is -2.19. The number of para-hydroxylation sites is 1. The molecule has 2 aromatic rings. The van der Waals surface area contributed by atoms with E-state index in [9.17, 15) is 13.2 Å². The van der Waals surface area contributed by atoms with Crippen LogP contribution in [0.25, 0.3) is 5.69 Å². The smallest absolute Gasteiger partial charge is 0.223 e. The zero-order chi connectivity index (χ0) is 18.9. The average Bonchev–Trinajstić information content (AvgIpc) is 3.08. The van der Waals surface area contributed by atoms with Crippen molar-refractivity contribution >= 4 is 15.7 Å². The number of allylic oxidation sites excluding steroid dienone is 1. The molecule has 0 spiro atoms. The van der Waals surface area contributed by atoms with Gasteiger partial charge in [0.05, 0.1) is 17.1 Å². The van der Waals surface area contributed by atoms with E-state index in [4.69, 9.17) is 0 Å². The lowest BCUT2D eigenvalue weighted by Crippen LogP contribution is -2.28. The fourth-order valence-electron chi connectivity index (χ4n) is 3.20. The van der Waals surface area contributed by atoms with Gasteiger partial charge in [-0.3, -0.25) is 4.79 Å². The third kappa shape index (κ3) is 3.88. The number of amides is 1. The minimum atomic E-state index is -3.13. The van der Waals surface area contributed by atoms with Gasteiger partial charge in [0, 0.05) is 42.6 Å². The average molecular weight is 373 g/mol. The van der Waals surface area contributed by atoms with Gasteiger partial charge in [-0.2, -0.15) is 5.10 Å². The van der Waals surface area contributed by atoms with E-state index in [0.717, 1.165) is 22.6 Å². The normalized spacial score (nSPS) is 18.2. The van der Waals surface area contributed by atoms with E-state index in [0.29, 0.717) is 6.54 Å². The summed E-state index contributed by atoms with van der Waals surface area (Å²) in [5.74, 6) is -0.275. The van der Waals surface area contributed by atoms with Gasteiger partial charge in [0.2, 0.25) is 5.91 Å². The van der Waals surface area contributed by atoms with Gasteiger partial charge >= 0.3 is 0 Å². The van der Waals surface area contributed by atoms with Crippen LogP contribution >= 0.6 is 0 Å². The standard InChI is InChI=1S/C19H23N3O3S/c1-14-18(15(2)22(20-14)17-7-5-4-6-8-17)12-21(3)19(23)11-16-9-10-26(24,25)13-16/h4-10,16H,11-13H2,1-3H3/t16-/m0/s1. The minimum absolute atomic E-state index is 0.0244. The molecule has 7 heteroatoms. The number of aromatic nitrogens is 2. The van der Waals surface area contributed by atoms with Crippen LogP contribution in [0, 0.1) is 19.8 Å². The maximum atomic E-state index is 12.5. The maximum Gasteiger partial charge on any atom is 0.223 e. The Labute approximate surface area is 154 Å². The molecule has 1 amide bonds. The van der Waals surface area contributed by atoms with E-state index in [-0.39, 0.29) is 24.0 Å². The van der Waals surface area contributed by atoms with Crippen LogP contribution in [0.15, 0.2) is 41.8 Å². The number of carbonyl (C=O) groups excluding carboxylic acids is 1. The van der Waals surface area contributed by atoms with E-state index in [1.165, 1.54) is 5.41 Å². The third-order valence-corrected chi connectivity index (χ3v) is 6.17. The van der Waals surface area contributed by atoms with Crippen LogP contribution in [0.1, 0.15) is 23.4 Å². The molecule has 1 aromatic carbocycles. The van der Waals surface area contributed by atoms with Crippen LogP contribution in [0.5, 0.6) is 0 Å². The topological polar surface area (TPSA) is 72.3 Å². The second-order valence-electron chi connectivity index (χ2n) is 6.77. The molecule has 0 bridgehead atoms. The number of hydrogen-bond acceptors (Lipinski definition) is 4. The van der Waals surface area contributed by atoms with Gasteiger partial charge in [0.15, 0.2) is 9.84 Å². The van der Waals surface area contributed by atoms with Gasteiger partial charge in [-0.1, -0.05) is 24.3 Å². The van der Waals surface area contributed by atoms with Gasteiger partial charge < -0.3 is 4.90 Å². The van der Waals surface area contributed by atoms with Crippen molar-refractivity contribution in [1.29, 1.82) is 0 Å². The fourth-order valence-corrected chi connectivity index (χ4v) is 4.60. The van der Waals surface area contributed by atoms with Crippen molar-refractivity contribution in [3.63, 3.8) is 0 Å². The Morgan fingerprint density at radius 3 is 2.58 bits per heavy atom. The van der Waals surface area contributed by atoms with Crippen molar-refractivity contribution in [2.24, 2.45) is 5.92 Å². The van der Waals surface area contributed by atoms with Gasteiger partial charge in [0.1, 0.15) is 0 Å². The van der Waals surface area contributed by atoms with Crippen LogP contribution in [-0.2, 0) is 21.2 Å². The Morgan fingerprint density at radius 1 is 1.27 bits per heavy atom. The van der Waals surface area contributed by atoms with Crippen molar-refractivity contribution in [2.45, 2.75) is 26.8 Å². The summed E-state index contributed by atoms with van der Waals surface area (Å²) in [7, 11) is -1.39. The van der Waals surface area contributed by atoms with Crippen molar-refractivity contribution in [3.05, 3.63) is 58.8 Å². The summed E-state index contributed by atoms with van der Waals surface area (Å²) in [5, 5.41) is 5.81. The van der Waals surface area contributed by atoms with Crippen LogP contribution in [0.3, 0.4) is 0 Å². The highest BCUT2D eigenvalue weighted by atomic mass is 32.2. The fraction of sp³-hybridized carbons (Fsp3) is 0.368. The van der Waals surface area contributed by atoms with Crippen LogP contribution in [-0.4, -0.2) is 41.8 Å². The molecule has 0 saturated heterocycles. The van der Waals surface area contributed by atoms with Crippen LogP contribution in [0.4, 0.5) is 0 Å². The highest BCUT2D eigenvalue weighted by Gasteiger charge is 2.25. The van der Waals surface area contributed by atoms with Crippen molar-refractivity contribution in [3.8, 4) is 5.69 Å². The Hall–Kier alpha value is -2.41.